The van der Waals surface area contributed by atoms with Crippen LogP contribution in [-0.4, -0.2) is 69.6 Å². The van der Waals surface area contributed by atoms with Crippen LogP contribution in [0.15, 0.2) is 58.3 Å². The van der Waals surface area contributed by atoms with E-state index in [-0.39, 0.29) is 17.3 Å². The molecule has 0 bridgehead atoms. The van der Waals surface area contributed by atoms with Crippen molar-refractivity contribution in [2.24, 2.45) is 0 Å². The Morgan fingerprint density at radius 1 is 1.06 bits per heavy atom. The van der Waals surface area contributed by atoms with Gasteiger partial charge in [-0.05, 0) is 48.7 Å². The second kappa shape index (κ2) is 9.72. The third-order valence-electron chi connectivity index (χ3n) is 5.30. The van der Waals surface area contributed by atoms with E-state index in [9.17, 15) is 26.4 Å². The summed E-state index contributed by atoms with van der Waals surface area (Å²) in [4.78, 5) is 17.0. The van der Waals surface area contributed by atoms with Gasteiger partial charge in [-0.3, -0.25) is 4.79 Å². The van der Waals surface area contributed by atoms with Crippen molar-refractivity contribution in [2.45, 2.75) is 16.0 Å². The van der Waals surface area contributed by atoms with Crippen LogP contribution in [0.3, 0.4) is 0 Å². The Labute approximate surface area is 190 Å². The van der Waals surface area contributed by atoms with Gasteiger partial charge in [-0.1, -0.05) is 6.07 Å². The number of nitrogens with zero attached hydrogens (tertiary/aromatic N) is 3. The first-order chi connectivity index (χ1) is 15.0. The van der Waals surface area contributed by atoms with Gasteiger partial charge in [0, 0.05) is 43.8 Å². The molecule has 0 spiro atoms. The average molecular weight is 488 g/mol. The molecule has 0 unspecified atom stereocenters. The number of hydrogen-bond acceptors (Lipinski definition) is 5. The molecule has 11 heteroatoms. The van der Waals surface area contributed by atoms with Crippen LogP contribution in [0.5, 0.6) is 0 Å². The topological polar surface area (TPSA) is 60.9 Å². The van der Waals surface area contributed by atoms with E-state index in [1.807, 2.05) is 6.26 Å². The molecule has 1 aliphatic rings. The van der Waals surface area contributed by atoms with Gasteiger partial charge in [-0.2, -0.15) is 17.5 Å². The number of hydrogen-bond donors (Lipinski definition) is 0. The minimum Gasteiger partial charge on any atom is -0.368 e. The van der Waals surface area contributed by atoms with Crippen molar-refractivity contribution in [3.05, 3.63) is 54.1 Å². The van der Waals surface area contributed by atoms with Crippen LogP contribution in [0.2, 0.25) is 0 Å². The second-order valence-corrected chi connectivity index (χ2v) is 10.3. The summed E-state index contributed by atoms with van der Waals surface area (Å²) in [6, 6.07) is 11.5. The number of thioether (sulfide) groups is 1. The molecule has 1 saturated heterocycles. The van der Waals surface area contributed by atoms with Gasteiger partial charge in [0.05, 0.1) is 17.0 Å². The van der Waals surface area contributed by atoms with Gasteiger partial charge in [-0.15, -0.1) is 11.8 Å². The zero-order valence-electron chi connectivity index (χ0n) is 17.7. The predicted octanol–water partition coefficient (Wildman–Crippen LogP) is 3.40. The normalized spacial score (nSPS) is 15.3. The molecule has 0 N–H and O–H groups in total. The highest BCUT2D eigenvalue weighted by Gasteiger charge is 2.32. The van der Waals surface area contributed by atoms with Gasteiger partial charge in [0.15, 0.2) is 0 Å². The highest BCUT2D eigenvalue weighted by Crippen LogP contribution is 2.32. The Bertz CT molecular complexity index is 1050. The van der Waals surface area contributed by atoms with E-state index in [1.54, 1.807) is 23.1 Å². The molecule has 0 saturated carbocycles. The van der Waals surface area contributed by atoms with Gasteiger partial charge in [0.1, 0.15) is 0 Å². The standard InChI is InChI=1S/C21H24F3N3O3S2/c1-25(32(29,30)19-8-6-18(31-2)7-9-19)15-20(28)27-12-10-26(11-13-27)17-5-3-4-16(14-17)21(22,23)24/h3-9,14H,10-13,15H2,1-2H3. The molecule has 0 radical (unpaired) electrons. The maximum absolute atomic E-state index is 13.0. The summed E-state index contributed by atoms with van der Waals surface area (Å²) in [5.41, 5.74) is -0.272. The Kier molecular flexibility index (Phi) is 7.41. The van der Waals surface area contributed by atoms with Crippen molar-refractivity contribution in [1.82, 2.24) is 9.21 Å². The van der Waals surface area contributed by atoms with Crippen LogP contribution in [0.4, 0.5) is 18.9 Å². The number of anilines is 1. The molecule has 0 atom stereocenters. The van der Waals surface area contributed by atoms with E-state index < -0.39 is 21.8 Å². The van der Waals surface area contributed by atoms with Gasteiger partial charge in [-0.25, -0.2) is 8.42 Å². The number of piperazine rings is 1. The minimum absolute atomic E-state index is 0.111. The van der Waals surface area contributed by atoms with Crippen LogP contribution in [-0.2, 0) is 21.0 Å². The fourth-order valence-corrected chi connectivity index (χ4v) is 4.92. The van der Waals surface area contributed by atoms with E-state index in [1.165, 1.54) is 41.9 Å². The maximum atomic E-state index is 13.0. The average Bonchev–Trinajstić information content (AvgIpc) is 2.78. The fraction of sp³-hybridized carbons (Fsp3) is 0.381. The monoisotopic (exact) mass is 487 g/mol. The van der Waals surface area contributed by atoms with Crippen molar-refractivity contribution >= 4 is 33.4 Å². The smallest absolute Gasteiger partial charge is 0.368 e. The lowest BCUT2D eigenvalue weighted by atomic mass is 10.1. The third-order valence-corrected chi connectivity index (χ3v) is 7.86. The number of halogens is 3. The first-order valence-corrected chi connectivity index (χ1v) is 12.5. The molecule has 174 valence electrons. The summed E-state index contributed by atoms with van der Waals surface area (Å²) in [6.45, 7) is 1.01. The van der Waals surface area contributed by atoms with Crippen molar-refractivity contribution in [2.75, 3.05) is 50.9 Å². The molecular weight excluding hydrogens is 463 g/mol. The Balaban J connectivity index is 1.59. The SMILES string of the molecule is CSc1ccc(S(=O)(=O)N(C)CC(=O)N2CCN(c3cccc(C(F)(F)F)c3)CC2)cc1. The maximum Gasteiger partial charge on any atom is 0.416 e. The Morgan fingerprint density at radius 3 is 2.25 bits per heavy atom. The third kappa shape index (κ3) is 5.57. The summed E-state index contributed by atoms with van der Waals surface area (Å²) >= 11 is 1.50. The molecule has 32 heavy (non-hydrogen) atoms. The molecule has 6 nitrogen and oxygen atoms in total. The summed E-state index contributed by atoms with van der Waals surface area (Å²) in [5.74, 6) is -0.347. The Morgan fingerprint density at radius 2 is 1.69 bits per heavy atom. The van der Waals surface area contributed by atoms with Crippen LogP contribution < -0.4 is 4.90 Å². The van der Waals surface area contributed by atoms with Gasteiger partial charge in [0.2, 0.25) is 15.9 Å². The minimum atomic E-state index is -4.42. The molecule has 1 aliphatic heterocycles. The molecule has 2 aromatic carbocycles. The van der Waals surface area contributed by atoms with Crippen LogP contribution >= 0.6 is 11.8 Å². The number of likely N-dealkylation sites (N-methyl/N-ethyl adjacent to an activating group) is 1. The van der Waals surface area contributed by atoms with Crippen molar-refractivity contribution in [3.63, 3.8) is 0 Å². The van der Waals surface area contributed by atoms with Gasteiger partial charge in [0.25, 0.3) is 0 Å². The van der Waals surface area contributed by atoms with Crippen LogP contribution in [0.25, 0.3) is 0 Å². The lowest BCUT2D eigenvalue weighted by molar-refractivity contribution is -0.137. The van der Waals surface area contributed by atoms with E-state index in [0.29, 0.717) is 31.9 Å². The van der Waals surface area contributed by atoms with Crippen LogP contribution in [0, 0.1) is 0 Å². The lowest BCUT2D eigenvalue weighted by Gasteiger charge is -2.36. The zero-order valence-corrected chi connectivity index (χ0v) is 19.3. The number of amides is 1. The number of rotatable bonds is 6. The van der Waals surface area contributed by atoms with Crippen molar-refractivity contribution in [1.29, 1.82) is 0 Å². The fourth-order valence-electron chi connectivity index (χ4n) is 3.40. The van der Waals surface area contributed by atoms with E-state index in [2.05, 4.69) is 0 Å². The van der Waals surface area contributed by atoms with Crippen LogP contribution in [0.1, 0.15) is 5.56 Å². The Hall–Kier alpha value is -2.24. The number of carbonyl (C=O) groups is 1. The van der Waals surface area contributed by atoms with Crippen molar-refractivity contribution < 1.29 is 26.4 Å². The van der Waals surface area contributed by atoms with Gasteiger partial charge < -0.3 is 9.80 Å². The molecule has 1 heterocycles. The first kappa shape index (κ1) is 24.4. The molecule has 1 fully saturated rings. The second-order valence-electron chi connectivity index (χ2n) is 7.35. The summed E-state index contributed by atoms with van der Waals surface area (Å²) in [5, 5.41) is 0. The van der Waals surface area contributed by atoms with E-state index in [4.69, 9.17) is 0 Å². The highest BCUT2D eigenvalue weighted by molar-refractivity contribution is 7.98. The molecule has 1 amide bonds. The first-order valence-electron chi connectivity index (χ1n) is 9.83. The molecule has 0 aromatic heterocycles. The number of benzene rings is 2. The van der Waals surface area contributed by atoms with E-state index >= 15 is 0 Å². The van der Waals surface area contributed by atoms with Crippen molar-refractivity contribution in [3.8, 4) is 0 Å². The molecular formula is C21H24F3N3O3S2. The summed E-state index contributed by atoms with van der Waals surface area (Å²) < 4.78 is 65.4. The molecule has 0 aliphatic carbocycles. The number of carbonyl (C=O) groups excluding carboxylic acids is 1. The van der Waals surface area contributed by atoms with E-state index in [0.717, 1.165) is 21.3 Å². The summed E-state index contributed by atoms with van der Waals surface area (Å²) in [6.07, 6.45) is -2.53. The largest absolute Gasteiger partial charge is 0.416 e. The molecule has 2 aromatic rings. The highest BCUT2D eigenvalue weighted by atomic mass is 32.2. The number of alkyl halides is 3. The molecule has 3 rings (SSSR count). The predicted molar refractivity (Wildman–Crippen MR) is 118 cm³/mol. The number of sulfonamides is 1. The summed E-state index contributed by atoms with van der Waals surface area (Å²) in [7, 11) is -2.45. The quantitative estimate of drug-likeness (QED) is 0.585. The van der Waals surface area contributed by atoms with Gasteiger partial charge >= 0.3 is 6.18 Å². The zero-order chi connectivity index (χ0) is 23.5. The lowest BCUT2D eigenvalue weighted by Crippen LogP contribution is -2.51.